The Kier molecular flexibility index (Phi) is 7.23. The second-order valence-corrected chi connectivity index (χ2v) is 4.94. The molecule has 0 aliphatic rings. The van der Waals surface area contributed by atoms with Gasteiger partial charge in [0.1, 0.15) is 0 Å². The van der Waals surface area contributed by atoms with Crippen molar-refractivity contribution in [2.24, 2.45) is 0 Å². The van der Waals surface area contributed by atoms with Crippen molar-refractivity contribution in [3.05, 3.63) is 41.5 Å². The van der Waals surface area contributed by atoms with Crippen LogP contribution in [0.3, 0.4) is 0 Å². The second-order valence-electron chi connectivity index (χ2n) is 4.94. The maximum absolute atomic E-state index is 11.6. The highest BCUT2D eigenvalue weighted by Crippen LogP contribution is 2.05. The van der Waals surface area contributed by atoms with Crippen molar-refractivity contribution in [1.82, 2.24) is 5.32 Å². The Morgan fingerprint density at radius 1 is 1.29 bits per heavy atom. The van der Waals surface area contributed by atoms with Crippen LogP contribution in [0.1, 0.15) is 37.8 Å². The topological polar surface area (TPSA) is 55.4 Å². The number of hydrogen-bond donors (Lipinski definition) is 1. The van der Waals surface area contributed by atoms with E-state index in [1.165, 1.54) is 6.08 Å². The Labute approximate surface area is 126 Å². The molecular weight excluding hydrogens is 266 g/mol. The highest BCUT2D eigenvalue weighted by atomic mass is 16.5. The Morgan fingerprint density at radius 3 is 2.62 bits per heavy atom. The molecule has 1 aromatic rings. The van der Waals surface area contributed by atoms with Crippen LogP contribution >= 0.6 is 0 Å². The van der Waals surface area contributed by atoms with Gasteiger partial charge in [-0.1, -0.05) is 43.7 Å². The third kappa shape index (κ3) is 6.75. The van der Waals surface area contributed by atoms with Crippen LogP contribution in [0, 0.1) is 6.92 Å². The van der Waals surface area contributed by atoms with Crippen LogP contribution in [-0.4, -0.2) is 24.5 Å². The van der Waals surface area contributed by atoms with E-state index in [9.17, 15) is 9.59 Å². The van der Waals surface area contributed by atoms with Gasteiger partial charge in [-0.25, -0.2) is 4.79 Å². The molecule has 0 spiro atoms. The normalized spacial score (nSPS) is 10.9. The average Bonchev–Trinajstić information content (AvgIpc) is 2.48. The van der Waals surface area contributed by atoms with Crippen molar-refractivity contribution in [3.63, 3.8) is 0 Å². The summed E-state index contributed by atoms with van der Waals surface area (Å²) < 4.78 is 4.91. The van der Waals surface area contributed by atoms with Gasteiger partial charge in [0.2, 0.25) is 0 Å². The molecule has 0 bridgehead atoms. The summed E-state index contributed by atoms with van der Waals surface area (Å²) in [7, 11) is 0. The van der Waals surface area contributed by atoms with E-state index < -0.39 is 5.97 Å². The summed E-state index contributed by atoms with van der Waals surface area (Å²) in [5.74, 6) is -0.780. The van der Waals surface area contributed by atoms with Gasteiger partial charge in [0, 0.05) is 12.1 Å². The lowest BCUT2D eigenvalue weighted by Gasteiger charge is -2.14. The molecule has 0 unspecified atom stereocenters. The standard InChI is InChI=1S/C17H23NO3/c1-4-15(5-2)18-16(19)12-21-17(20)10-9-14-8-6-7-13(3)11-14/h6-11,15H,4-5,12H2,1-3H3,(H,18,19)/b10-9+. The molecule has 0 heterocycles. The Morgan fingerprint density at radius 2 is 2.00 bits per heavy atom. The number of rotatable bonds is 7. The highest BCUT2D eigenvalue weighted by Gasteiger charge is 2.09. The molecule has 0 aromatic heterocycles. The number of benzene rings is 1. The molecule has 0 atom stereocenters. The molecule has 1 amide bonds. The fraction of sp³-hybridized carbons (Fsp3) is 0.412. The van der Waals surface area contributed by atoms with Crippen molar-refractivity contribution in [2.75, 3.05) is 6.61 Å². The first-order valence-corrected chi connectivity index (χ1v) is 7.26. The zero-order chi connectivity index (χ0) is 15.7. The Balaban J connectivity index is 2.39. The fourth-order valence-electron chi connectivity index (χ4n) is 1.88. The maximum Gasteiger partial charge on any atom is 0.331 e. The summed E-state index contributed by atoms with van der Waals surface area (Å²) in [5.41, 5.74) is 2.04. The number of nitrogens with one attached hydrogen (secondary N) is 1. The van der Waals surface area contributed by atoms with Gasteiger partial charge >= 0.3 is 5.97 Å². The lowest BCUT2D eigenvalue weighted by molar-refractivity contribution is -0.144. The van der Waals surface area contributed by atoms with Gasteiger partial charge in [-0.3, -0.25) is 4.79 Å². The summed E-state index contributed by atoms with van der Waals surface area (Å²) in [5, 5.41) is 2.81. The van der Waals surface area contributed by atoms with Crippen molar-refractivity contribution in [2.45, 2.75) is 39.7 Å². The van der Waals surface area contributed by atoms with Crippen molar-refractivity contribution < 1.29 is 14.3 Å². The van der Waals surface area contributed by atoms with E-state index >= 15 is 0 Å². The summed E-state index contributed by atoms with van der Waals surface area (Å²) >= 11 is 0. The number of carbonyl (C=O) groups is 2. The largest absolute Gasteiger partial charge is 0.452 e. The van der Waals surface area contributed by atoms with Gasteiger partial charge in [0.25, 0.3) is 5.91 Å². The molecule has 0 radical (unpaired) electrons. The monoisotopic (exact) mass is 289 g/mol. The smallest absolute Gasteiger partial charge is 0.331 e. The minimum absolute atomic E-state index is 0.138. The van der Waals surface area contributed by atoms with E-state index in [4.69, 9.17) is 4.74 Å². The molecule has 114 valence electrons. The highest BCUT2D eigenvalue weighted by molar-refractivity contribution is 5.89. The summed E-state index contributed by atoms with van der Waals surface area (Å²) in [6.45, 7) is 5.75. The van der Waals surface area contributed by atoms with Crippen LogP contribution in [0.15, 0.2) is 30.3 Å². The van der Waals surface area contributed by atoms with Gasteiger partial charge in [-0.2, -0.15) is 0 Å². The third-order valence-electron chi connectivity index (χ3n) is 3.15. The first-order chi connectivity index (χ1) is 10.0. The molecule has 0 fully saturated rings. The molecule has 0 aliphatic carbocycles. The Bertz CT molecular complexity index is 505. The van der Waals surface area contributed by atoms with Gasteiger partial charge < -0.3 is 10.1 Å². The summed E-state index contributed by atoms with van der Waals surface area (Å²) in [6.07, 6.45) is 4.74. The predicted molar refractivity (Wildman–Crippen MR) is 83.7 cm³/mol. The SMILES string of the molecule is CCC(CC)NC(=O)COC(=O)/C=C/c1cccc(C)c1. The van der Waals surface area contributed by atoms with Crippen LogP contribution in [0.25, 0.3) is 6.08 Å². The van der Waals surface area contributed by atoms with E-state index in [2.05, 4.69) is 5.32 Å². The van der Waals surface area contributed by atoms with Crippen LogP contribution in [0.2, 0.25) is 0 Å². The predicted octanol–water partition coefficient (Wildman–Crippen LogP) is 2.86. The molecule has 0 aliphatic heterocycles. The van der Waals surface area contributed by atoms with Gasteiger partial charge in [0.05, 0.1) is 0 Å². The molecule has 21 heavy (non-hydrogen) atoms. The number of amides is 1. The van der Waals surface area contributed by atoms with Crippen LogP contribution in [-0.2, 0) is 14.3 Å². The molecule has 0 saturated carbocycles. The molecule has 0 saturated heterocycles. The van der Waals surface area contributed by atoms with Crippen LogP contribution < -0.4 is 5.32 Å². The summed E-state index contributed by atoms with van der Waals surface area (Å²) in [6, 6.07) is 7.90. The molecule has 4 nitrogen and oxygen atoms in total. The number of hydrogen-bond acceptors (Lipinski definition) is 3. The lowest BCUT2D eigenvalue weighted by atomic mass is 10.1. The van der Waals surface area contributed by atoms with E-state index in [0.717, 1.165) is 24.0 Å². The van der Waals surface area contributed by atoms with Crippen LogP contribution in [0.4, 0.5) is 0 Å². The Hall–Kier alpha value is -2.10. The van der Waals surface area contributed by atoms with E-state index in [0.29, 0.717) is 0 Å². The van der Waals surface area contributed by atoms with E-state index in [1.54, 1.807) is 6.08 Å². The van der Waals surface area contributed by atoms with Gasteiger partial charge in [0.15, 0.2) is 6.61 Å². The average molecular weight is 289 g/mol. The quantitative estimate of drug-likeness (QED) is 0.620. The minimum Gasteiger partial charge on any atom is -0.452 e. The van der Waals surface area contributed by atoms with Crippen molar-refractivity contribution in [3.8, 4) is 0 Å². The van der Waals surface area contributed by atoms with Crippen molar-refractivity contribution in [1.29, 1.82) is 0 Å². The number of esters is 1. The second kappa shape index (κ2) is 8.95. The van der Waals surface area contributed by atoms with Crippen LogP contribution in [0.5, 0.6) is 0 Å². The molecule has 4 heteroatoms. The molecule has 1 aromatic carbocycles. The zero-order valence-corrected chi connectivity index (χ0v) is 12.9. The number of aryl methyl sites for hydroxylation is 1. The minimum atomic E-state index is -0.517. The van der Waals surface area contributed by atoms with E-state index in [-0.39, 0.29) is 18.6 Å². The van der Waals surface area contributed by atoms with Crippen molar-refractivity contribution >= 4 is 18.0 Å². The molecule has 1 rings (SSSR count). The first kappa shape index (κ1) is 17.0. The number of ether oxygens (including phenoxy) is 1. The molecular formula is C17H23NO3. The lowest BCUT2D eigenvalue weighted by Crippen LogP contribution is -2.36. The van der Waals surface area contributed by atoms with Gasteiger partial charge in [-0.05, 0) is 31.4 Å². The fourth-order valence-corrected chi connectivity index (χ4v) is 1.88. The third-order valence-corrected chi connectivity index (χ3v) is 3.15. The zero-order valence-electron chi connectivity index (χ0n) is 12.9. The van der Waals surface area contributed by atoms with E-state index in [1.807, 2.05) is 45.0 Å². The maximum atomic E-state index is 11.6. The molecule has 1 N–H and O–H groups in total. The van der Waals surface area contributed by atoms with Gasteiger partial charge in [-0.15, -0.1) is 0 Å². The number of carbonyl (C=O) groups excluding carboxylic acids is 2. The summed E-state index contributed by atoms with van der Waals surface area (Å²) in [4.78, 5) is 23.1. The first-order valence-electron chi connectivity index (χ1n) is 7.26.